The first-order valence-electron chi connectivity index (χ1n) is 6.91. The third-order valence-corrected chi connectivity index (χ3v) is 3.69. The molecule has 1 heterocycles. The molecule has 104 valence electrons. The molecule has 0 aliphatic carbocycles. The van der Waals surface area contributed by atoms with Crippen molar-refractivity contribution in [3.63, 3.8) is 0 Å². The molecule has 0 saturated carbocycles. The number of hydrogen-bond donors (Lipinski definition) is 1. The van der Waals surface area contributed by atoms with E-state index in [1.807, 2.05) is 47.5 Å². The Balaban J connectivity index is 1.77. The molecule has 1 N–H and O–H groups in total. The van der Waals surface area contributed by atoms with Gasteiger partial charge in [0.25, 0.3) is 0 Å². The van der Waals surface area contributed by atoms with Crippen LogP contribution in [0.15, 0.2) is 54.6 Å². The fourth-order valence-electron chi connectivity index (χ4n) is 2.60. The van der Waals surface area contributed by atoms with E-state index in [1.54, 1.807) is 12.1 Å². The Hall–Kier alpha value is -2.80. The van der Waals surface area contributed by atoms with Gasteiger partial charge in [0.05, 0.1) is 23.2 Å². The molecule has 0 aromatic heterocycles. The van der Waals surface area contributed by atoms with E-state index in [0.29, 0.717) is 5.56 Å². The standard InChI is InChI=1S/C17H15N3O/c18-12-13-5-4-8-15(11-13)20-10-9-16(17(21)19-20)14-6-2-1-3-7-14/h1-8,11,16H,9-10H2,(H,19,21). The van der Waals surface area contributed by atoms with Crippen LogP contribution >= 0.6 is 0 Å². The van der Waals surface area contributed by atoms with Gasteiger partial charge in [0.15, 0.2) is 0 Å². The van der Waals surface area contributed by atoms with Crippen molar-refractivity contribution in [3.8, 4) is 6.07 Å². The van der Waals surface area contributed by atoms with Gasteiger partial charge in [0.2, 0.25) is 5.91 Å². The fourth-order valence-corrected chi connectivity index (χ4v) is 2.60. The normalized spacial score (nSPS) is 18.0. The van der Waals surface area contributed by atoms with Crippen LogP contribution in [0.4, 0.5) is 5.69 Å². The van der Waals surface area contributed by atoms with Crippen LogP contribution in [0.5, 0.6) is 0 Å². The molecule has 4 heteroatoms. The molecule has 2 aromatic carbocycles. The number of nitrogens with one attached hydrogen (secondary N) is 1. The molecular weight excluding hydrogens is 262 g/mol. The predicted molar refractivity (Wildman–Crippen MR) is 80.4 cm³/mol. The van der Waals surface area contributed by atoms with Gasteiger partial charge in [-0.05, 0) is 30.2 Å². The monoisotopic (exact) mass is 277 g/mol. The van der Waals surface area contributed by atoms with Crippen molar-refractivity contribution in [2.45, 2.75) is 12.3 Å². The van der Waals surface area contributed by atoms with Gasteiger partial charge in [0.1, 0.15) is 0 Å². The first kappa shape index (κ1) is 13.2. The second-order valence-corrected chi connectivity index (χ2v) is 5.04. The molecule has 0 bridgehead atoms. The number of rotatable bonds is 2. The van der Waals surface area contributed by atoms with E-state index < -0.39 is 0 Å². The summed E-state index contributed by atoms with van der Waals surface area (Å²) in [7, 11) is 0. The number of nitriles is 1. The van der Waals surface area contributed by atoms with Crippen LogP contribution in [0.25, 0.3) is 0 Å². The van der Waals surface area contributed by atoms with E-state index in [1.165, 1.54) is 0 Å². The van der Waals surface area contributed by atoms with Crippen LogP contribution in [0.1, 0.15) is 23.5 Å². The van der Waals surface area contributed by atoms with Crippen LogP contribution < -0.4 is 10.4 Å². The Morgan fingerprint density at radius 2 is 1.95 bits per heavy atom. The maximum absolute atomic E-state index is 12.3. The van der Waals surface area contributed by atoms with Gasteiger partial charge in [-0.2, -0.15) is 5.26 Å². The van der Waals surface area contributed by atoms with Gasteiger partial charge in [-0.1, -0.05) is 36.4 Å². The number of carbonyl (C=O) groups is 1. The SMILES string of the molecule is N#Cc1cccc(N2CCC(c3ccccc3)C(=O)N2)c1. The molecule has 1 fully saturated rings. The van der Waals surface area contributed by atoms with Gasteiger partial charge in [-0.15, -0.1) is 0 Å². The fraction of sp³-hybridized carbons (Fsp3) is 0.176. The van der Waals surface area contributed by atoms with Crippen molar-refractivity contribution in [3.05, 3.63) is 65.7 Å². The van der Waals surface area contributed by atoms with E-state index in [9.17, 15) is 4.79 Å². The van der Waals surface area contributed by atoms with Crippen molar-refractivity contribution in [2.75, 3.05) is 11.6 Å². The molecule has 1 amide bonds. The van der Waals surface area contributed by atoms with Crippen molar-refractivity contribution >= 4 is 11.6 Å². The minimum atomic E-state index is -0.110. The van der Waals surface area contributed by atoms with E-state index in [0.717, 1.165) is 24.2 Å². The van der Waals surface area contributed by atoms with Crippen LogP contribution in [-0.2, 0) is 4.79 Å². The Kier molecular flexibility index (Phi) is 3.57. The molecule has 1 unspecified atom stereocenters. The molecule has 1 aliphatic heterocycles. The summed E-state index contributed by atoms with van der Waals surface area (Å²) in [6.07, 6.45) is 0.757. The molecule has 2 aromatic rings. The largest absolute Gasteiger partial charge is 0.285 e. The lowest BCUT2D eigenvalue weighted by Gasteiger charge is -2.33. The first-order valence-corrected chi connectivity index (χ1v) is 6.91. The topological polar surface area (TPSA) is 56.1 Å². The minimum absolute atomic E-state index is 0.00480. The van der Waals surface area contributed by atoms with Crippen molar-refractivity contribution < 1.29 is 4.79 Å². The number of amides is 1. The van der Waals surface area contributed by atoms with E-state index in [2.05, 4.69) is 11.5 Å². The minimum Gasteiger partial charge on any atom is -0.285 e. The van der Waals surface area contributed by atoms with Crippen molar-refractivity contribution in [1.82, 2.24) is 5.43 Å². The van der Waals surface area contributed by atoms with Crippen LogP contribution in [0, 0.1) is 11.3 Å². The van der Waals surface area contributed by atoms with E-state index >= 15 is 0 Å². The summed E-state index contributed by atoms with van der Waals surface area (Å²) in [6, 6.07) is 19.2. The van der Waals surface area contributed by atoms with Gasteiger partial charge in [-0.3, -0.25) is 15.2 Å². The zero-order valence-corrected chi connectivity index (χ0v) is 11.5. The Morgan fingerprint density at radius 3 is 2.67 bits per heavy atom. The second kappa shape index (κ2) is 5.68. The summed E-state index contributed by atoms with van der Waals surface area (Å²) >= 11 is 0. The molecule has 1 aliphatic rings. The number of hydrazine groups is 1. The molecule has 0 spiro atoms. The molecule has 1 atom stereocenters. The summed E-state index contributed by atoms with van der Waals surface area (Å²) in [4.78, 5) is 12.3. The van der Waals surface area contributed by atoms with Gasteiger partial charge >= 0.3 is 0 Å². The summed E-state index contributed by atoms with van der Waals surface area (Å²) in [5.74, 6) is -0.114. The van der Waals surface area contributed by atoms with Crippen molar-refractivity contribution in [1.29, 1.82) is 5.26 Å². The van der Waals surface area contributed by atoms with E-state index in [-0.39, 0.29) is 11.8 Å². The summed E-state index contributed by atoms with van der Waals surface area (Å²) in [5, 5.41) is 10.8. The number of benzene rings is 2. The highest BCUT2D eigenvalue weighted by molar-refractivity contribution is 5.86. The molecule has 1 saturated heterocycles. The predicted octanol–water partition coefficient (Wildman–Crippen LogP) is 2.58. The van der Waals surface area contributed by atoms with Gasteiger partial charge in [0, 0.05) is 6.54 Å². The van der Waals surface area contributed by atoms with E-state index in [4.69, 9.17) is 5.26 Å². The van der Waals surface area contributed by atoms with Gasteiger partial charge in [-0.25, -0.2) is 0 Å². The molecule has 3 rings (SSSR count). The average molecular weight is 277 g/mol. The number of hydrogen-bond acceptors (Lipinski definition) is 3. The summed E-state index contributed by atoms with van der Waals surface area (Å²) < 4.78 is 0. The maximum Gasteiger partial charge on any atom is 0.246 e. The number of nitrogens with zero attached hydrogens (tertiary/aromatic N) is 2. The third kappa shape index (κ3) is 2.72. The molecule has 21 heavy (non-hydrogen) atoms. The molecule has 4 nitrogen and oxygen atoms in total. The van der Waals surface area contributed by atoms with Gasteiger partial charge < -0.3 is 0 Å². The lowest BCUT2D eigenvalue weighted by Crippen LogP contribution is -2.50. The smallest absolute Gasteiger partial charge is 0.246 e. The number of anilines is 1. The van der Waals surface area contributed by atoms with Crippen molar-refractivity contribution in [2.24, 2.45) is 0 Å². The Labute approximate surface area is 123 Å². The maximum atomic E-state index is 12.3. The Morgan fingerprint density at radius 1 is 1.14 bits per heavy atom. The first-order chi connectivity index (χ1) is 10.3. The average Bonchev–Trinajstić information content (AvgIpc) is 2.55. The zero-order chi connectivity index (χ0) is 14.7. The molecular formula is C17H15N3O. The summed E-state index contributed by atoms with van der Waals surface area (Å²) in [6.45, 7) is 0.722. The lowest BCUT2D eigenvalue weighted by atomic mass is 9.93. The Bertz CT molecular complexity index is 691. The van der Waals surface area contributed by atoms with Crippen LogP contribution in [0.2, 0.25) is 0 Å². The zero-order valence-electron chi connectivity index (χ0n) is 11.5. The van der Waals surface area contributed by atoms with Crippen LogP contribution in [0.3, 0.4) is 0 Å². The lowest BCUT2D eigenvalue weighted by molar-refractivity contribution is -0.123. The second-order valence-electron chi connectivity index (χ2n) is 5.04. The highest BCUT2D eigenvalue weighted by atomic mass is 16.2. The summed E-state index contributed by atoms with van der Waals surface area (Å²) in [5.41, 5.74) is 5.39. The highest BCUT2D eigenvalue weighted by Gasteiger charge is 2.28. The van der Waals surface area contributed by atoms with Crippen LogP contribution in [-0.4, -0.2) is 12.5 Å². The number of carbonyl (C=O) groups excluding carboxylic acids is 1. The molecule has 0 radical (unpaired) electrons. The highest BCUT2D eigenvalue weighted by Crippen LogP contribution is 2.26. The third-order valence-electron chi connectivity index (χ3n) is 3.69. The quantitative estimate of drug-likeness (QED) is 0.918.